The van der Waals surface area contributed by atoms with Crippen molar-refractivity contribution in [1.82, 2.24) is 10.3 Å². The van der Waals surface area contributed by atoms with Gasteiger partial charge < -0.3 is 5.32 Å². The monoisotopic (exact) mass is 399 g/mol. The zero-order valence-corrected chi connectivity index (χ0v) is 16.8. The molecule has 140 valence electrons. The highest BCUT2D eigenvalue weighted by atomic mass is 32.2. The van der Waals surface area contributed by atoms with Gasteiger partial charge in [0.05, 0.1) is 10.9 Å². The average Bonchev–Trinajstić information content (AvgIpc) is 3.10. The molecule has 2 N–H and O–H groups in total. The molecule has 7 heteroatoms. The van der Waals surface area contributed by atoms with Crippen molar-refractivity contribution in [1.29, 1.82) is 0 Å². The van der Waals surface area contributed by atoms with Gasteiger partial charge in [0.15, 0.2) is 5.13 Å². The van der Waals surface area contributed by atoms with Gasteiger partial charge in [-0.15, -0.1) is 0 Å². The van der Waals surface area contributed by atoms with Crippen molar-refractivity contribution < 1.29 is 9.00 Å². The molecule has 0 aliphatic heterocycles. The van der Waals surface area contributed by atoms with Crippen molar-refractivity contribution in [2.45, 2.75) is 13.0 Å². The lowest BCUT2D eigenvalue weighted by atomic mass is 10.1. The molecule has 5 nitrogen and oxygen atoms in total. The topological polar surface area (TPSA) is 71.1 Å². The van der Waals surface area contributed by atoms with E-state index in [4.69, 9.17) is 0 Å². The third-order valence-electron chi connectivity index (χ3n) is 4.05. The summed E-state index contributed by atoms with van der Waals surface area (Å²) in [4.78, 5) is 17.7. The molecule has 2 amide bonds. The van der Waals surface area contributed by atoms with Gasteiger partial charge in [-0.3, -0.25) is 9.53 Å². The van der Waals surface area contributed by atoms with Crippen LogP contribution in [0.1, 0.15) is 17.2 Å². The molecular formula is C20H21N3O2S2. The van der Waals surface area contributed by atoms with E-state index in [0.717, 1.165) is 21.6 Å². The summed E-state index contributed by atoms with van der Waals surface area (Å²) in [5.74, 6) is 0.351. The second kappa shape index (κ2) is 8.92. The Morgan fingerprint density at radius 1 is 1.15 bits per heavy atom. The summed E-state index contributed by atoms with van der Waals surface area (Å²) in [5.41, 5.74) is 3.18. The Morgan fingerprint density at radius 3 is 2.56 bits per heavy atom. The maximum atomic E-state index is 12.4. The normalized spacial score (nSPS) is 13.0. The summed E-state index contributed by atoms with van der Waals surface area (Å²) in [5, 5.41) is 6.20. The highest BCUT2D eigenvalue weighted by molar-refractivity contribution is 7.84. The number of hydrogen-bond acceptors (Lipinski definition) is 4. The van der Waals surface area contributed by atoms with E-state index in [1.807, 2.05) is 61.5 Å². The lowest BCUT2D eigenvalue weighted by Crippen LogP contribution is -2.35. The second-order valence-corrected chi connectivity index (χ2v) is 8.66. The Balaban J connectivity index is 1.69. The zero-order valence-electron chi connectivity index (χ0n) is 15.1. The molecule has 2 aromatic carbocycles. The van der Waals surface area contributed by atoms with Gasteiger partial charge in [-0.25, -0.2) is 9.78 Å². The molecule has 1 aromatic heterocycles. The number of aryl methyl sites for hydroxylation is 1. The summed E-state index contributed by atoms with van der Waals surface area (Å²) >= 11 is 1.42. The number of amides is 2. The highest BCUT2D eigenvalue weighted by Crippen LogP contribution is 2.31. The van der Waals surface area contributed by atoms with Gasteiger partial charge in [0.25, 0.3) is 0 Å². The molecule has 0 spiro atoms. The second-order valence-electron chi connectivity index (χ2n) is 6.15. The summed E-state index contributed by atoms with van der Waals surface area (Å²) < 4.78 is 11.7. The third-order valence-corrected chi connectivity index (χ3v) is 5.79. The molecule has 0 bridgehead atoms. The van der Waals surface area contributed by atoms with Gasteiger partial charge in [-0.2, -0.15) is 0 Å². The smallest absolute Gasteiger partial charge is 0.321 e. The SMILES string of the molecule is Cc1ccccc1-c1cnc(NC(=O)N[C@H](C[S@@](C)=O)c2ccccc2)s1. The van der Waals surface area contributed by atoms with Crippen LogP contribution < -0.4 is 10.6 Å². The molecule has 0 fully saturated rings. The quantitative estimate of drug-likeness (QED) is 0.647. The maximum Gasteiger partial charge on any atom is 0.321 e. The minimum Gasteiger partial charge on any atom is -0.330 e. The molecule has 0 radical (unpaired) electrons. The molecule has 3 aromatic rings. The summed E-state index contributed by atoms with van der Waals surface area (Å²) in [6.07, 6.45) is 3.39. The number of benzene rings is 2. The number of thiazole rings is 1. The molecule has 0 aliphatic carbocycles. The number of nitrogens with zero attached hydrogens (tertiary/aromatic N) is 1. The van der Waals surface area contributed by atoms with Crippen molar-refractivity contribution in [3.63, 3.8) is 0 Å². The molecule has 27 heavy (non-hydrogen) atoms. The van der Waals surface area contributed by atoms with Crippen LogP contribution in [0.25, 0.3) is 10.4 Å². The fourth-order valence-electron chi connectivity index (χ4n) is 2.74. The van der Waals surface area contributed by atoms with Gasteiger partial charge in [0.1, 0.15) is 0 Å². The first-order chi connectivity index (χ1) is 13.0. The van der Waals surface area contributed by atoms with Crippen LogP contribution in [0.4, 0.5) is 9.93 Å². The third kappa shape index (κ3) is 5.24. The number of nitrogens with one attached hydrogen (secondary N) is 2. The van der Waals surface area contributed by atoms with Gasteiger partial charge in [-0.1, -0.05) is 65.9 Å². The number of aromatic nitrogens is 1. The van der Waals surface area contributed by atoms with Crippen molar-refractivity contribution in [3.05, 3.63) is 71.9 Å². The molecule has 2 atom stereocenters. The Labute approximate surface area is 165 Å². The van der Waals surface area contributed by atoms with Crippen molar-refractivity contribution in [3.8, 4) is 10.4 Å². The van der Waals surface area contributed by atoms with Gasteiger partial charge >= 0.3 is 6.03 Å². The first-order valence-electron chi connectivity index (χ1n) is 8.47. The minimum atomic E-state index is -1.04. The van der Waals surface area contributed by atoms with Crippen LogP contribution >= 0.6 is 11.3 Å². The molecule has 0 unspecified atom stereocenters. The van der Waals surface area contributed by atoms with Crippen LogP contribution in [0.2, 0.25) is 0 Å². The minimum absolute atomic E-state index is 0.326. The molecule has 0 aliphatic rings. The van der Waals surface area contributed by atoms with Crippen molar-refractivity contribution in [2.24, 2.45) is 0 Å². The van der Waals surface area contributed by atoms with E-state index in [1.165, 1.54) is 11.3 Å². The van der Waals surface area contributed by atoms with Gasteiger partial charge in [0.2, 0.25) is 0 Å². The van der Waals surface area contributed by atoms with Crippen LogP contribution in [0.3, 0.4) is 0 Å². The highest BCUT2D eigenvalue weighted by Gasteiger charge is 2.17. The van der Waals surface area contributed by atoms with E-state index in [-0.39, 0.29) is 12.1 Å². The molecule has 1 heterocycles. The van der Waals surface area contributed by atoms with Crippen LogP contribution in [-0.4, -0.2) is 27.2 Å². The van der Waals surface area contributed by atoms with E-state index in [1.54, 1.807) is 12.5 Å². The number of carbonyl (C=O) groups excluding carboxylic acids is 1. The maximum absolute atomic E-state index is 12.4. The first-order valence-corrected chi connectivity index (χ1v) is 11.0. The molecule has 0 saturated carbocycles. The van der Waals surface area contributed by atoms with Gasteiger partial charge in [0, 0.05) is 29.0 Å². The number of carbonyl (C=O) groups is 1. The lowest BCUT2D eigenvalue weighted by Gasteiger charge is -2.18. The number of hydrogen-bond donors (Lipinski definition) is 2. The van der Waals surface area contributed by atoms with E-state index >= 15 is 0 Å². The van der Waals surface area contributed by atoms with Crippen LogP contribution in [0.5, 0.6) is 0 Å². The van der Waals surface area contributed by atoms with Crippen molar-refractivity contribution >= 4 is 33.3 Å². The number of rotatable bonds is 6. The van der Waals surface area contributed by atoms with E-state index < -0.39 is 10.8 Å². The Bertz CT molecular complexity index is 941. The van der Waals surface area contributed by atoms with Crippen LogP contribution in [0, 0.1) is 6.92 Å². The predicted octanol–water partition coefficient (Wildman–Crippen LogP) is 4.36. The molecular weight excluding hydrogens is 378 g/mol. The summed E-state index contributed by atoms with van der Waals surface area (Å²) in [7, 11) is -1.04. The molecule has 3 rings (SSSR count). The Hall–Kier alpha value is -2.51. The van der Waals surface area contributed by atoms with E-state index in [2.05, 4.69) is 15.6 Å². The van der Waals surface area contributed by atoms with E-state index in [0.29, 0.717) is 10.9 Å². The summed E-state index contributed by atoms with van der Waals surface area (Å²) in [6.45, 7) is 2.05. The largest absolute Gasteiger partial charge is 0.330 e. The zero-order chi connectivity index (χ0) is 19.2. The number of urea groups is 1. The number of anilines is 1. The Morgan fingerprint density at radius 2 is 1.85 bits per heavy atom. The van der Waals surface area contributed by atoms with E-state index in [9.17, 15) is 9.00 Å². The fraction of sp³-hybridized carbons (Fsp3) is 0.200. The standard InChI is InChI=1S/C20H21N3O2S2/c1-14-8-6-7-11-16(14)18-12-21-20(26-18)23-19(24)22-17(13-27(2)25)15-9-4-3-5-10-15/h3-12,17H,13H2,1-2H3,(H2,21,22,23,24)/t17-,27-/m1/s1. The average molecular weight is 400 g/mol. The molecule has 0 saturated heterocycles. The lowest BCUT2D eigenvalue weighted by molar-refractivity contribution is 0.249. The van der Waals surface area contributed by atoms with Crippen LogP contribution in [0.15, 0.2) is 60.8 Å². The first kappa shape index (κ1) is 19.3. The summed E-state index contributed by atoms with van der Waals surface area (Å²) in [6, 6.07) is 16.9. The fourth-order valence-corrected chi connectivity index (χ4v) is 4.39. The predicted molar refractivity (Wildman–Crippen MR) is 113 cm³/mol. The van der Waals surface area contributed by atoms with Crippen LogP contribution in [-0.2, 0) is 10.8 Å². The van der Waals surface area contributed by atoms with Crippen molar-refractivity contribution in [2.75, 3.05) is 17.3 Å². The Kier molecular flexibility index (Phi) is 6.36. The van der Waals surface area contributed by atoms with Gasteiger partial charge in [-0.05, 0) is 23.6 Å².